The van der Waals surface area contributed by atoms with Gasteiger partial charge in [0.25, 0.3) is 0 Å². The molecule has 0 radical (unpaired) electrons. The second-order valence-corrected chi connectivity index (χ2v) is 4.02. The molecule has 0 aliphatic carbocycles. The fourth-order valence-corrected chi connectivity index (χ4v) is 1.56. The van der Waals surface area contributed by atoms with E-state index in [1.54, 1.807) is 0 Å². The zero-order valence-corrected chi connectivity index (χ0v) is 10.1. The number of hydrogen-bond acceptors (Lipinski definition) is 4. The molecule has 0 bridgehead atoms. The van der Waals surface area contributed by atoms with Crippen molar-refractivity contribution in [1.29, 1.82) is 0 Å². The molecule has 1 fully saturated rings. The van der Waals surface area contributed by atoms with Crippen LogP contribution in [0.2, 0.25) is 0 Å². The van der Waals surface area contributed by atoms with E-state index in [2.05, 4.69) is 10.2 Å². The SMILES string of the molecule is O=C(CNCC(F)(F)F)NCCN1CCOCC1. The Morgan fingerprint density at radius 2 is 1.94 bits per heavy atom. The molecule has 1 amide bonds. The Bertz CT molecular complexity index is 255. The molecule has 8 heteroatoms. The van der Waals surface area contributed by atoms with Gasteiger partial charge in [-0.05, 0) is 0 Å². The standard InChI is InChI=1S/C10H18F3N3O2/c11-10(12,13)8-14-7-9(17)15-1-2-16-3-5-18-6-4-16/h14H,1-8H2,(H,15,17). The third-order valence-electron chi connectivity index (χ3n) is 2.46. The number of alkyl halides is 3. The molecule has 0 unspecified atom stereocenters. The Morgan fingerprint density at radius 3 is 2.56 bits per heavy atom. The zero-order chi connectivity index (χ0) is 13.4. The summed E-state index contributed by atoms with van der Waals surface area (Å²) in [5.41, 5.74) is 0. The average molecular weight is 269 g/mol. The van der Waals surface area contributed by atoms with Crippen LogP contribution in [-0.2, 0) is 9.53 Å². The largest absolute Gasteiger partial charge is 0.401 e. The van der Waals surface area contributed by atoms with Gasteiger partial charge < -0.3 is 15.4 Å². The first kappa shape index (κ1) is 15.2. The molecule has 0 saturated carbocycles. The highest BCUT2D eigenvalue weighted by atomic mass is 19.4. The molecule has 1 saturated heterocycles. The Morgan fingerprint density at radius 1 is 1.28 bits per heavy atom. The van der Waals surface area contributed by atoms with Gasteiger partial charge in [0.15, 0.2) is 0 Å². The molecule has 0 aromatic carbocycles. The van der Waals surface area contributed by atoms with E-state index in [4.69, 9.17) is 4.74 Å². The molecule has 106 valence electrons. The van der Waals surface area contributed by atoms with Crippen molar-refractivity contribution in [3.05, 3.63) is 0 Å². The van der Waals surface area contributed by atoms with Gasteiger partial charge in [0.2, 0.25) is 5.91 Å². The van der Waals surface area contributed by atoms with Crippen molar-refractivity contribution in [3.63, 3.8) is 0 Å². The maximum absolute atomic E-state index is 11.8. The number of amides is 1. The van der Waals surface area contributed by atoms with E-state index in [0.29, 0.717) is 26.3 Å². The maximum Gasteiger partial charge on any atom is 0.401 e. The summed E-state index contributed by atoms with van der Waals surface area (Å²) in [6.07, 6.45) is -4.28. The van der Waals surface area contributed by atoms with Gasteiger partial charge in [-0.1, -0.05) is 0 Å². The first-order chi connectivity index (χ1) is 8.47. The van der Waals surface area contributed by atoms with E-state index in [-0.39, 0.29) is 6.54 Å². The van der Waals surface area contributed by atoms with Crippen molar-refractivity contribution in [2.75, 3.05) is 52.5 Å². The van der Waals surface area contributed by atoms with Crippen LogP contribution in [0.5, 0.6) is 0 Å². The number of hydrogen-bond donors (Lipinski definition) is 2. The molecule has 1 heterocycles. The predicted octanol–water partition coefficient (Wildman–Crippen LogP) is -0.413. The molecule has 0 spiro atoms. The van der Waals surface area contributed by atoms with E-state index in [1.807, 2.05) is 5.32 Å². The van der Waals surface area contributed by atoms with Crippen molar-refractivity contribution >= 4 is 5.91 Å². The highest BCUT2D eigenvalue weighted by Crippen LogP contribution is 2.11. The number of carbonyl (C=O) groups excluding carboxylic acids is 1. The lowest BCUT2D eigenvalue weighted by molar-refractivity contribution is -0.128. The number of morpholine rings is 1. The van der Waals surface area contributed by atoms with Gasteiger partial charge in [-0.15, -0.1) is 0 Å². The number of ether oxygens (including phenoxy) is 1. The Kier molecular flexibility index (Phi) is 6.37. The third-order valence-corrected chi connectivity index (χ3v) is 2.46. The van der Waals surface area contributed by atoms with Crippen LogP contribution in [0.25, 0.3) is 0 Å². The van der Waals surface area contributed by atoms with Crippen LogP contribution in [0.3, 0.4) is 0 Å². The fourth-order valence-electron chi connectivity index (χ4n) is 1.56. The molecule has 5 nitrogen and oxygen atoms in total. The predicted molar refractivity (Wildman–Crippen MR) is 59.2 cm³/mol. The summed E-state index contributed by atoms with van der Waals surface area (Å²) in [7, 11) is 0. The minimum atomic E-state index is -4.28. The smallest absolute Gasteiger partial charge is 0.379 e. The number of rotatable bonds is 6. The molecule has 2 N–H and O–H groups in total. The summed E-state index contributed by atoms with van der Waals surface area (Å²) < 4.78 is 40.5. The Balaban J connectivity index is 1.99. The summed E-state index contributed by atoms with van der Waals surface area (Å²) >= 11 is 0. The lowest BCUT2D eigenvalue weighted by Gasteiger charge is -2.26. The number of nitrogens with one attached hydrogen (secondary N) is 2. The topological polar surface area (TPSA) is 53.6 Å². The van der Waals surface area contributed by atoms with Crippen molar-refractivity contribution in [2.45, 2.75) is 6.18 Å². The second kappa shape index (κ2) is 7.55. The molecule has 1 aliphatic heterocycles. The molecule has 18 heavy (non-hydrogen) atoms. The summed E-state index contributed by atoms with van der Waals surface area (Å²) in [5, 5.41) is 4.61. The lowest BCUT2D eigenvalue weighted by Crippen LogP contribution is -2.43. The van der Waals surface area contributed by atoms with Crippen LogP contribution in [0.1, 0.15) is 0 Å². The van der Waals surface area contributed by atoms with E-state index >= 15 is 0 Å². The first-order valence-corrected chi connectivity index (χ1v) is 5.81. The van der Waals surface area contributed by atoms with Gasteiger partial charge in [-0.3, -0.25) is 9.69 Å². The highest BCUT2D eigenvalue weighted by Gasteiger charge is 2.26. The molecule has 1 rings (SSSR count). The summed E-state index contributed by atoms with van der Waals surface area (Å²) in [6, 6.07) is 0. The first-order valence-electron chi connectivity index (χ1n) is 5.81. The normalized spacial score (nSPS) is 17.7. The van der Waals surface area contributed by atoms with Crippen molar-refractivity contribution in [2.24, 2.45) is 0 Å². The monoisotopic (exact) mass is 269 g/mol. The van der Waals surface area contributed by atoms with Crippen molar-refractivity contribution in [3.8, 4) is 0 Å². The number of halogens is 3. The number of carbonyl (C=O) groups is 1. The van der Waals surface area contributed by atoms with E-state index < -0.39 is 18.6 Å². The average Bonchev–Trinajstić information content (AvgIpc) is 2.28. The van der Waals surface area contributed by atoms with Crippen molar-refractivity contribution in [1.82, 2.24) is 15.5 Å². The van der Waals surface area contributed by atoms with E-state index in [0.717, 1.165) is 13.1 Å². The number of nitrogens with zero attached hydrogens (tertiary/aromatic N) is 1. The van der Waals surface area contributed by atoms with Crippen LogP contribution < -0.4 is 10.6 Å². The van der Waals surface area contributed by atoms with Gasteiger partial charge in [0, 0.05) is 26.2 Å². The molecule has 1 aliphatic rings. The molecule has 0 aromatic rings. The van der Waals surface area contributed by atoms with Crippen LogP contribution in [0, 0.1) is 0 Å². The van der Waals surface area contributed by atoms with Crippen LogP contribution >= 0.6 is 0 Å². The van der Waals surface area contributed by atoms with Crippen molar-refractivity contribution < 1.29 is 22.7 Å². The van der Waals surface area contributed by atoms with Crippen LogP contribution in [0.15, 0.2) is 0 Å². The van der Waals surface area contributed by atoms with E-state index in [1.165, 1.54) is 0 Å². The fraction of sp³-hybridized carbons (Fsp3) is 0.900. The van der Waals surface area contributed by atoms with Gasteiger partial charge >= 0.3 is 6.18 Å². The Hall–Kier alpha value is -0.860. The third kappa shape index (κ3) is 7.46. The summed E-state index contributed by atoms with van der Waals surface area (Å²) in [6.45, 7) is 2.67. The summed E-state index contributed by atoms with van der Waals surface area (Å²) in [4.78, 5) is 13.3. The van der Waals surface area contributed by atoms with Crippen LogP contribution in [0.4, 0.5) is 13.2 Å². The molecule has 0 atom stereocenters. The zero-order valence-electron chi connectivity index (χ0n) is 10.1. The van der Waals surface area contributed by atoms with Gasteiger partial charge in [0.1, 0.15) is 0 Å². The second-order valence-electron chi connectivity index (χ2n) is 4.02. The van der Waals surface area contributed by atoms with E-state index in [9.17, 15) is 18.0 Å². The summed E-state index contributed by atoms with van der Waals surface area (Å²) in [5.74, 6) is -0.424. The van der Waals surface area contributed by atoms with Gasteiger partial charge in [-0.2, -0.15) is 13.2 Å². The molecular formula is C10H18F3N3O2. The quantitative estimate of drug-likeness (QED) is 0.688. The lowest BCUT2D eigenvalue weighted by atomic mass is 10.4. The molecule has 0 aromatic heterocycles. The van der Waals surface area contributed by atoms with Gasteiger partial charge in [0.05, 0.1) is 26.3 Å². The van der Waals surface area contributed by atoms with Gasteiger partial charge in [-0.25, -0.2) is 0 Å². The minimum absolute atomic E-state index is 0.317. The Labute approximate surface area is 104 Å². The maximum atomic E-state index is 11.8. The molecular weight excluding hydrogens is 251 g/mol. The van der Waals surface area contributed by atoms with Crippen LogP contribution in [-0.4, -0.2) is 69.5 Å². The highest BCUT2D eigenvalue weighted by molar-refractivity contribution is 5.77. The minimum Gasteiger partial charge on any atom is -0.379 e.